The number of fused-ring (bicyclic) bond motifs is 1. The molecule has 3 rings (SSSR count). The Hall–Kier alpha value is -3.21. The zero-order chi connectivity index (χ0) is 21.2. The van der Waals surface area contributed by atoms with E-state index in [9.17, 15) is 27.2 Å². The number of carbonyl (C=O) groups excluding carboxylic acids is 2. The van der Waals surface area contributed by atoms with E-state index in [0.717, 1.165) is 42.7 Å². The molecule has 2 aromatic carbocycles. The third kappa shape index (κ3) is 3.99. The van der Waals surface area contributed by atoms with Gasteiger partial charge in [0.2, 0.25) is 0 Å². The standard InChI is InChI=1S/C18H13F4N3O3S/c1-28-15(27)17(18(20,21)22,24-14(26)10-6-8-11(19)9-7-10)25-16-23-12-4-2-3-5-13(12)29-16/h2-9H,1H3,(H,23,25)(H,24,26). The Bertz CT molecular complexity index is 1020. The molecule has 0 aliphatic rings. The lowest BCUT2D eigenvalue weighted by molar-refractivity contribution is -0.203. The number of amides is 1. The van der Waals surface area contributed by atoms with Crippen molar-refractivity contribution in [3.63, 3.8) is 0 Å². The van der Waals surface area contributed by atoms with Crippen LogP contribution in [0.15, 0.2) is 48.5 Å². The summed E-state index contributed by atoms with van der Waals surface area (Å²) in [6.45, 7) is 0. The molecule has 0 saturated carbocycles. The number of halogens is 4. The number of hydrogen-bond donors (Lipinski definition) is 2. The average Bonchev–Trinajstić information content (AvgIpc) is 3.08. The van der Waals surface area contributed by atoms with Crippen LogP contribution in [0, 0.1) is 5.82 Å². The summed E-state index contributed by atoms with van der Waals surface area (Å²) in [5.74, 6) is -3.73. The van der Waals surface area contributed by atoms with Crippen LogP contribution in [0.25, 0.3) is 10.2 Å². The molecule has 1 aromatic heterocycles. The molecule has 0 fully saturated rings. The van der Waals surface area contributed by atoms with Crippen LogP contribution >= 0.6 is 11.3 Å². The van der Waals surface area contributed by atoms with E-state index >= 15 is 0 Å². The fourth-order valence-electron chi connectivity index (χ4n) is 2.47. The van der Waals surface area contributed by atoms with Crippen molar-refractivity contribution in [3.8, 4) is 0 Å². The number of esters is 1. The van der Waals surface area contributed by atoms with Crippen LogP contribution in [0.1, 0.15) is 10.4 Å². The van der Waals surface area contributed by atoms with Gasteiger partial charge in [-0.2, -0.15) is 13.2 Å². The second kappa shape index (κ2) is 7.66. The molecule has 0 aliphatic heterocycles. The molecular formula is C18H13F4N3O3S. The third-order valence-corrected chi connectivity index (χ3v) is 4.86. The highest BCUT2D eigenvalue weighted by Gasteiger charge is 2.64. The van der Waals surface area contributed by atoms with Crippen molar-refractivity contribution in [3.05, 3.63) is 59.9 Å². The maximum atomic E-state index is 14.0. The number of para-hydroxylation sites is 1. The summed E-state index contributed by atoms with van der Waals surface area (Å²) in [5, 5.41) is 3.37. The van der Waals surface area contributed by atoms with E-state index in [0.29, 0.717) is 10.2 Å². The minimum Gasteiger partial charge on any atom is -0.466 e. The lowest BCUT2D eigenvalue weighted by atomic mass is 10.1. The monoisotopic (exact) mass is 427 g/mol. The minimum absolute atomic E-state index is 0.256. The van der Waals surface area contributed by atoms with Gasteiger partial charge in [0.25, 0.3) is 5.91 Å². The van der Waals surface area contributed by atoms with Crippen LogP contribution in [-0.2, 0) is 9.53 Å². The lowest BCUT2D eigenvalue weighted by Crippen LogP contribution is -2.69. The Kier molecular flexibility index (Phi) is 5.42. The van der Waals surface area contributed by atoms with Crippen LogP contribution in [0.3, 0.4) is 0 Å². The fraction of sp³-hybridized carbons (Fsp3) is 0.167. The molecule has 3 aromatic rings. The molecule has 0 spiro atoms. The first kappa shape index (κ1) is 20.5. The van der Waals surface area contributed by atoms with Crippen molar-refractivity contribution in [1.29, 1.82) is 0 Å². The van der Waals surface area contributed by atoms with Gasteiger partial charge < -0.3 is 15.4 Å². The highest BCUT2D eigenvalue weighted by Crippen LogP contribution is 2.35. The molecule has 29 heavy (non-hydrogen) atoms. The van der Waals surface area contributed by atoms with Gasteiger partial charge in [-0.25, -0.2) is 14.2 Å². The maximum Gasteiger partial charge on any atom is 0.442 e. The largest absolute Gasteiger partial charge is 0.466 e. The number of methoxy groups -OCH3 is 1. The van der Waals surface area contributed by atoms with E-state index in [-0.39, 0.29) is 10.7 Å². The second-order valence-corrected chi connectivity index (χ2v) is 6.84. The summed E-state index contributed by atoms with van der Waals surface area (Å²) in [5.41, 5.74) is -3.48. The molecule has 11 heteroatoms. The van der Waals surface area contributed by atoms with Crippen molar-refractivity contribution < 1.29 is 31.9 Å². The van der Waals surface area contributed by atoms with E-state index in [1.54, 1.807) is 29.6 Å². The molecule has 1 unspecified atom stereocenters. The number of anilines is 1. The zero-order valence-corrected chi connectivity index (χ0v) is 15.5. The predicted molar refractivity (Wildman–Crippen MR) is 97.9 cm³/mol. The van der Waals surface area contributed by atoms with Crippen LogP contribution < -0.4 is 10.6 Å². The number of aromatic nitrogens is 1. The number of alkyl halides is 3. The van der Waals surface area contributed by atoms with Crippen molar-refractivity contribution in [1.82, 2.24) is 10.3 Å². The molecule has 1 heterocycles. The van der Waals surface area contributed by atoms with Crippen LogP contribution in [0.4, 0.5) is 22.7 Å². The molecule has 152 valence electrons. The number of nitrogens with zero attached hydrogens (tertiary/aromatic N) is 1. The number of thiazole rings is 1. The second-order valence-electron chi connectivity index (χ2n) is 5.81. The van der Waals surface area contributed by atoms with Crippen molar-refractivity contribution >= 4 is 38.6 Å². The number of ether oxygens (including phenoxy) is 1. The van der Waals surface area contributed by atoms with Gasteiger partial charge in [0.05, 0.1) is 17.3 Å². The lowest BCUT2D eigenvalue weighted by Gasteiger charge is -2.34. The Balaban J connectivity index is 2.03. The van der Waals surface area contributed by atoms with Gasteiger partial charge in [-0.15, -0.1) is 0 Å². The van der Waals surface area contributed by atoms with E-state index in [4.69, 9.17) is 0 Å². The molecule has 1 atom stereocenters. The Morgan fingerprint density at radius 3 is 2.31 bits per heavy atom. The summed E-state index contributed by atoms with van der Waals surface area (Å²) >= 11 is 0.862. The third-order valence-electron chi connectivity index (χ3n) is 3.91. The smallest absolute Gasteiger partial charge is 0.442 e. The van der Waals surface area contributed by atoms with Crippen LogP contribution in [0.5, 0.6) is 0 Å². The average molecular weight is 427 g/mol. The van der Waals surface area contributed by atoms with Gasteiger partial charge in [-0.3, -0.25) is 4.79 Å². The quantitative estimate of drug-likeness (QED) is 0.369. The molecule has 2 N–H and O–H groups in total. The fourth-order valence-corrected chi connectivity index (χ4v) is 3.39. The molecule has 1 amide bonds. The molecule has 0 saturated heterocycles. The van der Waals surface area contributed by atoms with E-state index in [2.05, 4.69) is 9.72 Å². The number of benzene rings is 2. The van der Waals surface area contributed by atoms with Crippen LogP contribution in [0.2, 0.25) is 0 Å². The minimum atomic E-state index is -5.30. The molecule has 6 nitrogen and oxygen atoms in total. The summed E-state index contributed by atoms with van der Waals surface area (Å²) in [4.78, 5) is 28.6. The van der Waals surface area contributed by atoms with Gasteiger partial charge in [-0.05, 0) is 36.4 Å². The first-order chi connectivity index (χ1) is 13.7. The first-order valence-electron chi connectivity index (χ1n) is 8.03. The highest BCUT2D eigenvalue weighted by atomic mass is 32.1. The van der Waals surface area contributed by atoms with E-state index < -0.39 is 29.5 Å². The Morgan fingerprint density at radius 1 is 1.07 bits per heavy atom. The van der Waals surface area contributed by atoms with E-state index in [1.807, 2.05) is 5.32 Å². The van der Waals surface area contributed by atoms with Crippen molar-refractivity contribution in [2.24, 2.45) is 0 Å². The van der Waals surface area contributed by atoms with Gasteiger partial charge in [0, 0.05) is 5.56 Å². The van der Waals surface area contributed by atoms with Crippen molar-refractivity contribution in [2.45, 2.75) is 11.8 Å². The topological polar surface area (TPSA) is 80.3 Å². The molecule has 0 bridgehead atoms. The van der Waals surface area contributed by atoms with Crippen LogP contribution in [-0.4, -0.2) is 35.8 Å². The molecular weight excluding hydrogens is 414 g/mol. The number of nitrogens with one attached hydrogen (secondary N) is 2. The summed E-state index contributed by atoms with van der Waals surface area (Å²) < 4.78 is 60.0. The van der Waals surface area contributed by atoms with E-state index in [1.165, 1.54) is 0 Å². The molecule has 0 radical (unpaired) electrons. The SMILES string of the molecule is COC(=O)C(NC(=O)c1ccc(F)cc1)(Nc1nc2ccccc2s1)C(F)(F)F. The summed E-state index contributed by atoms with van der Waals surface area (Å²) in [6, 6.07) is 10.3. The number of rotatable bonds is 5. The first-order valence-corrected chi connectivity index (χ1v) is 8.85. The molecule has 0 aliphatic carbocycles. The van der Waals surface area contributed by atoms with Gasteiger partial charge >= 0.3 is 17.8 Å². The van der Waals surface area contributed by atoms with Gasteiger partial charge in [-0.1, -0.05) is 23.5 Å². The summed E-state index contributed by atoms with van der Waals surface area (Å²) in [7, 11) is 0.757. The maximum absolute atomic E-state index is 14.0. The zero-order valence-electron chi connectivity index (χ0n) is 14.7. The Labute approximate surface area is 165 Å². The summed E-state index contributed by atoms with van der Waals surface area (Å²) in [6.07, 6.45) is -5.30. The highest BCUT2D eigenvalue weighted by molar-refractivity contribution is 7.22. The normalized spacial score (nSPS) is 13.6. The van der Waals surface area contributed by atoms with Gasteiger partial charge in [0.15, 0.2) is 5.13 Å². The Morgan fingerprint density at radius 2 is 1.72 bits per heavy atom. The number of carbonyl (C=O) groups is 2. The van der Waals surface area contributed by atoms with Crippen molar-refractivity contribution in [2.75, 3.05) is 12.4 Å². The number of hydrogen-bond acceptors (Lipinski definition) is 6. The predicted octanol–water partition coefficient (Wildman–Crippen LogP) is 3.71. The van der Waals surface area contributed by atoms with Gasteiger partial charge in [0.1, 0.15) is 5.82 Å².